The first-order valence-corrected chi connectivity index (χ1v) is 12.3. The first kappa shape index (κ1) is 21.5. The monoisotopic (exact) mass is 495 g/mol. The minimum absolute atomic E-state index is 0.209. The number of nitrogens with zero attached hydrogens (tertiary/aromatic N) is 4. The van der Waals surface area contributed by atoms with Crippen LogP contribution in [0.4, 0.5) is 5.69 Å². The van der Waals surface area contributed by atoms with E-state index in [0.29, 0.717) is 35.3 Å². The number of aromatic nitrogens is 3. The molecule has 3 N–H and O–H groups in total. The highest BCUT2D eigenvalue weighted by atomic mass is 35.5. The predicted octanol–water partition coefficient (Wildman–Crippen LogP) is 3.91. The molecule has 1 saturated heterocycles. The van der Waals surface area contributed by atoms with Gasteiger partial charge in [-0.15, -0.1) is 0 Å². The molecule has 2 aliphatic rings. The summed E-state index contributed by atoms with van der Waals surface area (Å²) in [5.41, 5.74) is 4.73. The number of halogens is 1. The van der Waals surface area contributed by atoms with Gasteiger partial charge in [0.05, 0.1) is 27.3 Å². The second-order valence-corrected chi connectivity index (χ2v) is 9.97. The summed E-state index contributed by atoms with van der Waals surface area (Å²) in [6.45, 7) is 0.636. The molecule has 6 rings (SSSR count). The van der Waals surface area contributed by atoms with Gasteiger partial charge in [-0.2, -0.15) is 4.37 Å². The van der Waals surface area contributed by atoms with E-state index in [2.05, 4.69) is 10.3 Å². The van der Waals surface area contributed by atoms with Gasteiger partial charge < -0.3 is 20.4 Å². The zero-order valence-corrected chi connectivity index (χ0v) is 19.6. The smallest absolute Gasteiger partial charge is 0.255 e. The molecular weight excluding hydrogens is 474 g/mol. The highest BCUT2D eigenvalue weighted by molar-refractivity contribution is 7.06. The minimum Gasteiger partial charge on any atom is -0.389 e. The van der Waals surface area contributed by atoms with E-state index < -0.39 is 12.3 Å². The fourth-order valence-corrected chi connectivity index (χ4v) is 5.56. The summed E-state index contributed by atoms with van der Waals surface area (Å²) in [6.07, 6.45) is 4.39. The Labute approximate surface area is 204 Å². The topological polar surface area (TPSA) is 103 Å². The van der Waals surface area contributed by atoms with E-state index in [4.69, 9.17) is 16.0 Å². The maximum Gasteiger partial charge on any atom is 0.255 e. The molecule has 1 aliphatic carbocycles. The second-order valence-electron chi connectivity index (χ2n) is 8.76. The van der Waals surface area contributed by atoms with Crippen LogP contribution in [0, 0.1) is 0 Å². The zero-order chi connectivity index (χ0) is 23.4. The van der Waals surface area contributed by atoms with Gasteiger partial charge in [-0.05, 0) is 60.6 Å². The summed E-state index contributed by atoms with van der Waals surface area (Å²) in [7, 11) is 0. The van der Waals surface area contributed by atoms with Crippen LogP contribution in [0.3, 0.4) is 0 Å². The van der Waals surface area contributed by atoms with Crippen molar-refractivity contribution in [3.8, 4) is 11.4 Å². The molecular formula is C24H22ClN5O3S. The number of hydrogen-bond acceptors (Lipinski definition) is 7. The molecule has 4 aromatic rings. The number of benzene rings is 1. The van der Waals surface area contributed by atoms with Gasteiger partial charge in [0.2, 0.25) is 0 Å². The fourth-order valence-electron chi connectivity index (χ4n) is 4.39. The van der Waals surface area contributed by atoms with Crippen LogP contribution in [-0.4, -0.2) is 54.0 Å². The average molecular weight is 496 g/mol. The highest BCUT2D eigenvalue weighted by Crippen LogP contribution is 2.48. The number of likely N-dealkylation sites (tertiary alicyclic amines) is 1. The number of β-amino-alcohol motifs (C(OH)–C–C–N with tert-alkyl or cyclic N) is 1. The van der Waals surface area contributed by atoms with Gasteiger partial charge in [0.1, 0.15) is 11.3 Å². The maximum atomic E-state index is 12.5. The number of amides is 1. The fraction of sp³-hybridized carbons (Fsp3) is 0.292. The van der Waals surface area contributed by atoms with Gasteiger partial charge in [-0.25, -0.2) is 4.98 Å². The Kier molecular flexibility index (Phi) is 5.29. The molecule has 174 valence electrons. The number of anilines is 1. The Bertz CT molecular complexity index is 1390. The van der Waals surface area contributed by atoms with Crippen molar-refractivity contribution in [3.05, 3.63) is 69.8 Å². The molecule has 3 aromatic heterocycles. The van der Waals surface area contributed by atoms with Crippen LogP contribution in [0.2, 0.25) is 5.02 Å². The van der Waals surface area contributed by atoms with Crippen molar-refractivity contribution < 1.29 is 15.0 Å². The van der Waals surface area contributed by atoms with Crippen molar-refractivity contribution in [1.29, 1.82) is 0 Å². The molecule has 0 radical (unpaired) electrons. The lowest BCUT2D eigenvalue weighted by atomic mass is 10.0. The van der Waals surface area contributed by atoms with E-state index in [1.165, 1.54) is 11.5 Å². The Morgan fingerprint density at radius 3 is 2.79 bits per heavy atom. The quantitative estimate of drug-likeness (QED) is 0.350. The Balaban J connectivity index is 1.27. The third-order valence-electron chi connectivity index (χ3n) is 6.31. The molecule has 2 fully saturated rings. The van der Waals surface area contributed by atoms with Crippen molar-refractivity contribution >= 4 is 40.4 Å². The third-order valence-corrected chi connectivity index (χ3v) is 7.54. The summed E-state index contributed by atoms with van der Waals surface area (Å²) in [5.74, 6) is 0.161. The number of hydrogen-bond donors (Lipinski definition) is 3. The Morgan fingerprint density at radius 1 is 1.24 bits per heavy atom. The Morgan fingerprint density at radius 2 is 2.06 bits per heavy atom. The van der Waals surface area contributed by atoms with Gasteiger partial charge in [-0.3, -0.25) is 9.20 Å². The van der Waals surface area contributed by atoms with Crippen LogP contribution in [0.1, 0.15) is 45.8 Å². The van der Waals surface area contributed by atoms with Crippen LogP contribution in [0.5, 0.6) is 0 Å². The lowest BCUT2D eigenvalue weighted by Crippen LogP contribution is -2.53. The van der Waals surface area contributed by atoms with E-state index in [0.717, 1.165) is 40.3 Å². The van der Waals surface area contributed by atoms with E-state index in [1.54, 1.807) is 29.3 Å². The van der Waals surface area contributed by atoms with E-state index in [-0.39, 0.29) is 5.91 Å². The maximum absolute atomic E-state index is 12.5. The van der Waals surface area contributed by atoms with Crippen molar-refractivity contribution in [2.75, 3.05) is 18.4 Å². The number of imidazole rings is 1. The van der Waals surface area contributed by atoms with Gasteiger partial charge >= 0.3 is 0 Å². The molecule has 1 saturated carbocycles. The normalized spacial score (nSPS) is 17.1. The van der Waals surface area contributed by atoms with Crippen molar-refractivity contribution in [2.24, 2.45) is 0 Å². The van der Waals surface area contributed by atoms with Gasteiger partial charge in [0, 0.05) is 36.7 Å². The standard InChI is InChI=1S/C24H22ClN5O3S/c25-17-10-14(6-7-16(17)24(33)29-11-15(31)12-29)27-23(32)22-20(13-4-5-13)21(28-34-22)18-2-1-3-19-26-8-9-30(18)19/h1-3,6-10,13,15,23,27,31-32H,4-5,11-12H2. The summed E-state index contributed by atoms with van der Waals surface area (Å²) >= 11 is 7.68. The minimum atomic E-state index is -0.966. The van der Waals surface area contributed by atoms with Crippen LogP contribution < -0.4 is 5.32 Å². The summed E-state index contributed by atoms with van der Waals surface area (Å²) < 4.78 is 6.74. The highest BCUT2D eigenvalue weighted by Gasteiger charge is 2.34. The number of aliphatic hydroxyl groups excluding tert-OH is 2. The molecule has 1 aromatic carbocycles. The number of fused-ring (bicyclic) bond motifs is 1. The molecule has 0 bridgehead atoms. The van der Waals surface area contributed by atoms with Crippen molar-refractivity contribution in [2.45, 2.75) is 31.1 Å². The predicted molar refractivity (Wildman–Crippen MR) is 130 cm³/mol. The molecule has 1 amide bonds. The number of rotatable bonds is 6. The molecule has 1 atom stereocenters. The lowest BCUT2D eigenvalue weighted by molar-refractivity contribution is 0.00590. The summed E-state index contributed by atoms with van der Waals surface area (Å²) in [5, 5.41) is 23.9. The van der Waals surface area contributed by atoms with Crippen molar-refractivity contribution in [3.63, 3.8) is 0 Å². The zero-order valence-electron chi connectivity index (χ0n) is 18.1. The summed E-state index contributed by atoms with van der Waals surface area (Å²) in [4.78, 5) is 19.2. The molecule has 8 nitrogen and oxygen atoms in total. The summed E-state index contributed by atoms with van der Waals surface area (Å²) in [6, 6.07) is 10.9. The van der Waals surface area contributed by atoms with Gasteiger partial charge in [-0.1, -0.05) is 17.7 Å². The first-order valence-electron chi connectivity index (χ1n) is 11.1. The molecule has 1 aliphatic heterocycles. The van der Waals surface area contributed by atoms with Crippen molar-refractivity contribution in [1.82, 2.24) is 18.7 Å². The van der Waals surface area contributed by atoms with Gasteiger partial charge in [0.25, 0.3) is 5.91 Å². The lowest BCUT2D eigenvalue weighted by Gasteiger charge is -2.36. The number of nitrogens with one attached hydrogen (secondary N) is 1. The number of pyridine rings is 1. The molecule has 4 heterocycles. The number of carbonyl (C=O) groups excluding carboxylic acids is 1. The van der Waals surface area contributed by atoms with E-state index in [9.17, 15) is 15.0 Å². The Hall–Kier alpha value is -2.98. The van der Waals surface area contributed by atoms with Crippen LogP contribution in [0.15, 0.2) is 48.8 Å². The largest absolute Gasteiger partial charge is 0.389 e. The van der Waals surface area contributed by atoms with E-state index >= 15 is 0 Å². The number of carbonyl (C=O) groups is 1. The van der Waals surface area contributed by atoms with Crippen LogP contribution >= 0.6 is 23.1 Å². The van der Waals surface area contributed by atoms with E-state index in [1.807, 2.05) is 28.8 Å². The molecule has 0 spiro atoms. The number of aliphatic hydroxyl groups is 2. The SMILES string of the molecule is O=C(c1ccc(NC(O)c2snc(-c3cccc4nccn34)c2C2CC2)cc1Cl)N1CC(O)C1. The second kappa shape index (κ2) is 8.35. The molecule has 10 heteroatoms. The molecule has 34 heavy (non-hydrogen) atoms. The third kappa shape index (κ3) is 3.74. The van der Waals surface area contributed by atoms with Gasteiger partial charge in [0.15, 0.2) is 6.23 Å². The molecule has 1 unspecified atom stereocenters. The average Bonchev–Trinajstić information content (AvgIpc) is 3.35. The van der Waals surface area contributed by atoms with Crippen LogP contribution in [0.25, 0.3) is 17.0 Å². The van der Waals surface area contributed by atoms with Crippen LogP contribution in [-0.2, 0) is 0 Å². The first-order chi connectivity index (χ1) is 16.5.